The first-order valence-electron chi connectivity index (χ1n) is 3.51. The molecule has 12 heavy (non-hydrogen) atoms. The molecule has 0 bridgehead atoms. The number of hydrogen-bond donors (Lipinski definition) is 2. The van der Waals surface area contributed by atoms with Crippen LogP contribution in [0, 0.1) is 6.92 Å². The van der Waals surface area contributed by atoms with E-state index in [-0.39, 0.29) is 5.56 Å². The second kappa shape index (κ2) is 3.49. The van der Waals surface area contributed by atoms with Crippen molar-refractivity contribution in [3.05, 3.63) is 29.3 Å². The summed E-state index contributed by atoms with van der Waals surface area (Å²) in [6, 6.07) is 4.66. The Labute approximate surface area is 69.4 Å². The molecule has 0 aliphatic rings. The standard InChI is InChI=1S/C8H10F2N2/c1-5-3-2-4-6(8(9)10)7(5)12-11/h2-4,8,12H,11H2,1H3. The second-order valence-electron chi connectivity index (χ2n) is 2.48. The van der Waals surface area contributed by atoms with Crippen molar-refractivity contribution < 1.29 is 8.78 Å². The Morgan fingerprint density at radius 1 is 1.42 bits per heavy atom. The SMILES string of the molecule is Cc1cccc(C(F)F)c1NN. The maximum atomic E-state index is 12.3. The number of nitrogen functional groups attached to an aromatic ring is 1. The van der Waals surface area contributed by atoms with Gasteiger partial charge in [0.05, 0.1) is 5.69 Å². The van der Waals surface area contributed by atoms with Crippen LogP contribution in [-0.2, 0) is 0 Å². The quantitative estimate of drug-likeness (QED) is 0.530. The van der Waals surface area contributed by atoms with E-state index in [1.54, 1.807) is 19.1 Å². The monoisotopic (exact) mass is 172 g/mol. The molecule has 1 aromatic carbocycles. The van der Waals surface area contributed by atoms with Gasteiger partial charge in [-0.25, -0.2) is 8.78 Å². The minimum absolute atomic E-state index is 0.0579. The molecule has 0 amide bonds. The largest absolute Gasteiger partial charge is 0.323 e. The van der Waals surface area contributed by atoms with Crippen LogP contribution in [0.1, 0.15) is 17.6 Å². The first-order chi connectivity index (χ1) is 5.66. The van der Waals surface area contributed by atoms with Gasteiger partial charge in [-0.2, -0.15) is 0 Å². The van der Waals surface area contributed by atoms with Gasteiger partial charge in [0.1, 0.15) is 0 Å². The number of nitrogens with two attached hydrogens (primary N) is 1. The fourth-order valence-electron chi connectivity index (χ4n) is 1.07. The maximum absolute atomic E-state index is 12.3. The van der Waals surface area contributed by atoms with E-state index in [0.717, 1.165) is 5.56 Å². The summed E-state index contributed by atoms with van der Waals surface area (Å²) in [7, 11) is 0. The number of benzene rings is 1. The minimum Gasteiger partial charge on any atom is -0.323 e. The molecule has 66 valence electrons. The van der Waals surface area contributed by atoms with Gasteiger partial charge in [0.25, 0.3) is 6.43 Å². The molecule has 0 spiro atoms. The van der Waals surface area contributed by atoms with E-state index in [9.17, 15) is 8.78 Å². The van der Waals surface area contributed by atoms with E-state index in [4.69, 9.17) is 5.84 Å². The second-order valence-corrected chi connectivity index (χ2v) is 2.48. The van der Waals surface area contributed by atoms with Crippen molar-refractivity contribution in [1.29, 1.82) is 0 Å². The average molecular weight is 172 g/mol. The van der Waals surface area contributed by atoms with Gasteiger partial charge in [-0.15, -0.1) is 0 Å². The molecule has 0 heterocycles. The summed E-state index contributed by atoms with van der Waals surface area (Å²) in [5.41, 5.74) is 3.24. The summed E-state index contributed by atoms with van der Waals surface area (Å²) < 4.78 is 24.6. The summed E-state index contributed by atoms with van der Waals surface area (Å²) in [6.45, 7) is 1.72. The summed E-state index contributed by atoms with van der Waals surface area (Å²) in [5, 5.41) is 0. The Kier molecular flexibility index (Phi) is 2.60. The number of anilines is 1. The van der Waals surface area contributed by atoms with Crippen LogP contribution in [0.4, 0.5) is 14.5 Å². The highest BCUT2D eigenvalue weighted by molar-refractivity contribution is 5.56. The molecule has 0 radical (unpaired) electrons. The smallest absolute Gasteiger partial charge is 0.265 e. The Balaban J connectivity index is 3.18. The van der Waals surface area contributed by atoms with E-state index < -0.39 is 6.43 Å². The molecular formula is C8H10F2N2. The lowest BCUT2D eigenvalue weighted by atomic mass is 10.1. The highest BCUT2D eigenvalue weighted by Gasteiger charge is 2.12. The van der Waals surface area contributed by atoms with Crippen LogP contribution in [0.25, 0.3) is 0 Å². The molecule has 0 aliphatic carbocycles. The molecule has 0 saturated heterocycles. The van der Waals surface area contributed by atoms with Gasteiger partial charge in [-0.1, -0.05) is 18.2 Å². The number of rotatable bonds is 2. The van der Waals surface area contributed by atoms with Crippen molar-refractivity contribution in [3.63, 3.8) is 0 Å². The van der Waals surface area contributed by atoms with Crippen molar-refractivity contribution in [3.8, 4) is 0 Å². The lowest BCUT2D eigenvalue weighted by molar-refractivity contribution is 0.152. The molecule has 3 N–H and O–H groups in total. The molecule has 1 aromatic rings. The third kappa shape index (κ3) is 1.53. The van der Waals surface area contributed by atoms with Crippen LogP contribution < -0.4 is 11.3 Å². The number of para-hydroxylation sites is 1. The zero-order valence-corrected chi connectivity index (χ0v) is 6.64. The Morgan fingerprint density at radius 2 is 2.08 bits per heavy atom. The van der Waals surface area contributed by atoms with Gasteiger partial charge in [-0.3, -0.25) is 5.84 Å². The van der Waals surface area contributed by atoms with Crippen molar-refractivity contribution >= 4 is 5.69 Å². The zero-order valence-electron chi connectivity index (χ0n) is 6.64. The van der Waals surface area contributed by atoms with Crippen LogP contribution in [-0.4, -0.2) is 0 Å². The van der Waals surface area contributed by atoms with Crippen molar-refractivity contribution in [2.24, 2.45) is 5.84 Å². The normalized spacial score (nSPS) is 10.4. The lowest BCUT2D eigenvalue weighted by Gasteiger charge is -2.10. The third-order valence-corrected chi connectivity index (χ3v) is 1.68. The van der Waals surface area contributed by atoms with Gasteiger partial charge in [-0.05, 0) is 12.5 Å². The van der Waals surface area contributed by atoms with Crippen LogP contribution in [0.2, 0.25) is 0 Å². The maximum Gasteiger partial charge on any atom is 0.265 e. The van der Waals surface area contributed by atoms with E-state index in [0.29, 0.717) is 5.69 Å². The average Bonchev–Trinajstić information content (AvgIpc) is 2.03. The summed E-state index contributed by atoms with van der Waals surface area (Å²) in [4.78, 5) is 0. The first-order valence-corrected chi connectivity index (χ1v) is 3.51. The molecule has 0 unspecified atom stereocenters. The van der Waals surface area contributed by atoms with Crippen LogP contribution in [0.5, 0.6) is 0 Å². The molecule has 2 nitrogen and oxygen atoms in total. The van der Waals surface area contributed by atoms with E-state index >= 15 is 0 Å². The highest BCUT2D eigenvalue weighted by Crippen LogP contribution is 2.28. The van der Waals surface area contributed by atoms with Crippen LogP contribution >= 0.6 is 0 Å². The van der Waals surface area contributed by atoms with E-state index in [1.165, 1.54) is 6.07 Å². The van der Waals surface area contributed by atoms with Gasteiger partial charge < -0.3 is 5.43 Å². The fourth-order valence-corrected chi connectivity index (χ4v) is 1.07. The predicted octanol–water partition coefficient (Wildman–Crippen LogP) is 2.22. The summed E-state index contributed by atoms with van der Waals surface area (Å²) >= 11 is 0. The van der Waals surface area contributed by atoms with E-state index in [2.05, 4.69) is 5.43 Å². The number of aryl methyl sites for hydroxylation is 1. The fraction of sp³-hybridized carbons (Fsp3) is 0.250. The molecule has 0 fully saturated rings. The number of hydrogen-bond acceptors (Lipinski definition) is 2. The molecular weight excluding hydrogens is 162 g/mol. The third-order valence-electron chi connectivity index (χ3n) is 1.68. The molecule has 0 aromatic heterocycles. The van der Waals surface area contributed by atoms with Gasteiger partial charge in [0, 0.05) is 5.56 Å². The molecule has 0 atom stereocenters. The van der Waals surface area contributed by atoms with Crippen molar-refractivity contribution in [1.82, 2.24) is 0 Å². The Hall–Kier alpha value is -1.16. The Morgan fingerprint density at radius 3 is 2.50 bits per heavy atom. The first kappa shape index (κ1) is 8.93. The minimum atomic E-state index is -2.49. The zero-order chi connectivity index (χ0) is 9.14. The van der Waals surface area contributed by atoms with E-state index in [1.807, 2.05) is 0 Å². The number of alkyl halides is 2. The van der Waals surface area contributed by atoms with Crippen molar-refractivity contribution in [2.45, 2.75) is 13.3 Å². The van der Waals surface area contributed by atoms with Gasteiger partial charge in [0.2, 0.25) is 0 Å². The predicted molar refractivity (Wildman–Crippen MR) is 43.9 cm³/mol. The van der Waals surface area contributed by atoms with Crippen LogP contribution in [0.15, 0.2) is 18.2 Å². The Bertz CT molecular complexity index is 274. The molecule has 4 heteroatoms. The lowest BCUT2D eigenvalue weighted by Crippen LogP contribution is -2.10. The van der Waals surface area contributed by atoms with Gasteiger partial charge in [0.15, 0.2) is 0 Å². The summed E-state index contributed by atoms with van der Waals surface area (Å²) in [6.07, 6.45) is -2.49. The number of hydrazine groups is 1. The van der Waals surface area contributed by atoms with Crippen LogP contribution in [0.3, 0.4) is 0 Å². The topological polar surface area (TPSA) is 38.0 Å². The van der Waals surface area contributed by atoms with Crippen molar-refractivity contribution in [2.75, 3.05) is 5.43 Å². The molecule has 1 rings (SSSR count). The molecule has 0 saturated carbocycles. The number of nitrogens with one attached hydrogen (secondary N) is 1. The highest BCUT2D eigenvalue weighted by atomic mass is 19.3. The summed E-state index contributed by atoms with van der Waals surface area (Å²) in [5.74, 6) is 5.11. The van der Waals surface area contributed by atoms with Gasteiger partial charge >= 0.3 is 0 Å². The molecule has 0 aliphatic heterocycles. The number of halogens is 2.